The fraction of sp³-hybridized carbons (Fsp3) is 0.211. The van der Waals surface area contributed by atoms with Crippen LogP contribution in [-0.4, -0.2) is 26.8 Å². The van der Waals surface area contributed by atoms with E-state index in [2.05, 4.69) is 16.2 Å². The van der Waals surface area contributed by atoms with E-state index in [-0.39, 0.29) is 30.6 Å². The monoisotopic (exact) mass is 467 g/mol. The van der Waals surface area contributed by atoms with Crippen LogP contribution in [0.3, 0.4) is 0 Å². The summed E-state index contributed by atoms with van der Waals surface area (Å²) in [6.45, 7) is 0.557. The number of anilines is 1. The van der Waals surface area contributed by atoms with Crippen molar-refractivity contribution in [2.45, 2.75) is 6.54 Å². The van der Waals surface area contributed by atoms with Crippen molar-refractivity contribution in [3.05, 3.63) is 48.0 Å². The van der Waals surface area contributed by atoms with Crippen LogP contribution >= 0.6 is 24.0 Å². The largest absolute Gasteiger partial charge is 0.497 e. The fourth-order valence-corrected chi connectivity index (χ4v) is 2.12. The lowest BCUT2D eigenvalue weighted by molar-refractivity contribution is 0.330. The average Bonchev–Trinajstić information content (AvgIpc) is 2.64. The number of nitrogens with zero attached hydrogens (tertiary/aromatic N) is 1. The fourth-order valence-electron chi connectivity index (χ4n) is 2.12. The van der Waals surface area contributed by atoms with Crippen molar-refractivity contribution in [3.8, 4) is 29.6 Å². The molecule has 0 bridgehead atoms. The molecular formula is C19H22IN3O3. The van der Waals surface area contributed by atoms with Gasteiger partial charge in [-0.1, -0.05) is 18.1 Å². The number of hydrogen-bond donors (Lipinski definition) is 2. The van der Waals surface area contributed by atoms with Gasteiger partial charge in [0.2, 0.25) is 0 Å². The maximum absolute atomic E-state index is 5.94. The normalized spacial score (nSPS) is 10.3. The molecule has 0 aliphatic carbocycles. The van der Waals surface area contributed by atoms with E-state index in [4.69, 9.17) is 26.4 Å². The second-order valence-corrected chi connectivity index (χ2v) is 5.04. The Morgan fingerprint density at radius 3 is 2.65 bits per heavy atom. The molecule has 2 aromatic rings. The number of nitrogens with two attached hydrogens (primary N) is 1. The highest BCUT2D eigenvalue weighted by atomic mass is 127. The number of methoxy groups -OCH3 is 2. The number of hydrogen-bond acceptors (Lipinski definition) is 4. The topological polar surface area (TPSA) is 78.1 Å². The number of halogens is 1. The standard InChI is InChI=1S/C19H21N3O3.HI/c1-4-10-25-18-11-14(8-9-17(18)24-3)13-21-19(20)22-15-6-5-7-16(12-15)23-2;/h1,5-9,11-12H,10,13H2,2-3H3,(H3,20,21,22);1H. The zero-order valence-corrected chi connectivity index (χ0v) is 17.0. The lowest BCUT2D eigenvalue weighted by Gasteiger charge is -2.10. The summed E-state index contributed by atoms with van der Waals surface area (Å²) in [5.74, 6) is 4.66. The molecule has 138 valence electrons. The van der Waals surface area contributed by atoms with Gasteiger partial charge in [0, 0.05) is 11.8 Å². The number of rotatable bonds is 7. The van der Waals surface area contributed by atoms with E-state index in [1.165, 1.54) is 0 Å². The summed E-state index contributed by atoms with van der Waals surface area (Å²) in [5.41, 5.74) is 7.65. The number of benzene rings is 2. The van der Waals surface area contributed by atoms with E-state index in [0.29, 0.717) is 24.0 Å². The highest BCUT2D eigenvalue weighted by Gasteiger charge is 2.05. The van der Waals surface area contributed by atoms with Gasteiger partial charge in [0.05, 0.1) is 20.8 Å². The maximum Gasteiger partial charge on any atom is 0.193 e. The molecule has 0 atom stereocenters. The van der Waals surface area contributed by atoms with Gasteiger partial charge in [0.15, 0.2) is 17.5 Å². The summed E-state index contributed by atoms with van der Waals surface area (Å²) < 4.78 is 15.9. The maximum atomic E-state index is 5.94. The molecule has 0 amide bonds. The molecule has 0 heterocycles. The van der Waals surface area contributed by atoms with E-state index in [9.17, 15) is 0 Å². The van der Waals surface area contributed by atoms with Gasteiger partial charge < -0.3 is 25.3 Å². The van der Waals surface area contributed by atoms with Crippen LogP contribution < -0.4 is 25.3 Å². The quantitative estimate of drug-likeness (QED) is 0.283. The molecule has 0 aliphatic heterocycles. The third-order valence-corrected chi connectivity index (χ3v) is 3.31. The molecule has 2 aromatic carbocycles. The molecule has 7 heteroatoms. The summed E-state index contributed by atoms with van der Waals surface area (Å²) in [6.07, 6.45) is 5.23. The summed E-state index contributed by atoms with van der Waals surface area (Å²) >= 11 is 0. The molecule has 6 nitrogen and oxygen atoms in total. The minimum Gasteiger partial charge on any atom is -0.497 e. The van der Waals surface area contributed by atoms with E-state index < -0.39 is 0 Å². The Labute approximate surface area is 170 Å². The first-order valence-electron chi connectivity index (χ1n) is 7.60. The predicted molar refractivity (Wildman–Crippen MR) is 115 cm³/mol. The Hall–Kier alpha value is -2.60. The first-order valence-corrected chi connectivity index (χ1v) is 7.60. The molecule has 0 unspecified atom stereocenters. The summed E-state index contributed by atoms with van der Waals surface area (Å²) in [6, 6.07) is 13.0. The van der Waals surface area contributed by atoms with Gasteiger partial charge in [-0.05, 0) is 29.8 Å². The third kappa shape index (κ3) is 6.37. The van der Waals surface area contributed by atoms with Gasteiger partial charge in [-0.25, -0.2) is 4.99 Å². The zero-order chi connectivity index (χ0) is 18.1. The molecule has 0 saturated carbocycles. The van der Waals surface area contributed by atoms with Crippen molar-refractivity contribution in [2.75, 3.05) is 26.1 Å². The van der Waals surface area contributed by atoms with Crippen LogP contribution in [0.2, 0.25) is 0 Å². The van der Waals surface area contributed by atoms with E-state index in [1.54, 1.807) is 14.2 Å². The molecule has 0 radical (unpaired) electrons. The first-order chi connectivity index (χ1) is 12.2. The third-order valence-electron chi connectivity index (χ3n) is 3.31. The van der Waals surface area contributed by atoms with Gasteiger partial charge in [-0.2, -0.15) is 0 Å². The lowest BCUT2D eigenvalue weighted by atomic mass is 10.2. The average molecular weight is 467 g/mol. The minimum absolute atomic E-state index is 0. The van der Waals surface area contributed by atoms with Crippen molar-refractivity contribution in [2.24, 2.45) is 10.7 Å². The van der Waals surface area contributed by atoms with Crippen LogP contribution in [0.5, 0.6) is 17.2 Å². The van der Waals surface area contributed by atoms with Gasteiger partial charge in [-0.15, -0.1) is 30.4 Å². The van der Waals surface area contributed by atoms with Gasteiger partial charge in [-0.3, -0.25) is 0 Å². The van der Waals surface area contributed by atoms with Crippen LogP contribution in [0.1, 0.15) is 5.56 Å². The second-order valence-electron chi connectivity index (χ2n) is 5.04. The summed E-state index contributed by atoms with van der Waals surface area (Å²) in [4.78, 5) is 4.33. The van der Waals surface area contributed by atoms with Crippen molar-refractivity contribution in [3.63, 3.8) is 0 Å². The van der Waals surface area contributed by atoms with E-state index >= 15 is 0 Å². The number of nitrogens with one attached hydrogen (secondary N) is 1. The number of ether oxygens (including phenoxy) is 3. The molecule has 0 aromatic heterocycles. The second kappa shape index (κ2) is 11.1. The molecule has 3 N–H and O–H groups in total. The Balaban J connectivity index is 0.00000338. The van der Waals surface area contributed by atoms with Crippen LogP contribution in [0.25, 0.3) is 0 Å². The van der Waals surface area contributed by atoms with Crippen LogP contribution in [0.15, 0.2) is 47.5 Å². The van der Waals surface area contributed by atoms with Crippen molar-refractivity contribution in [1.29, 1.82) is 0 Å². The first kappa shape index (κ1) is 21.4. The smallest absolute Gasteiger partial charge is 0.193 e. The molecule has 2 rings (SSSR count). The Morgan fingerprint density at radius 1 is 1.15 bits per heavy atom. The molecule has 26 heavy (non-hydrogen) atoms. The van der Waals surface area contributed by atoms with Gasteiger partial charge in [0.1, 0.15) is 12.4 Å². The van der Waals surface area contributed by atoms with Gasteiger partial charge >= 0.3 is 0 Å². The number of aliphatic imine (C=N–C) groups is 1. The minimum atomic E-state index is 0. The predicted octanol–water partition coefficient (Wildman–Crippen LogP) is 3.26. The van der Waals surface area contributed by atoms with Crippen LogP contribution in [0, 0.1) is 12.3 Å². The summed E-state index contributed by atoms with van der Waals surface area (Å²) in [7, 11) is 3.19. The lowest BCUT2D eigenvalue weighted by Crippen LogP contribution is -2.22. The van der Waals surface area contributed by atoms with Crippen LogP contribution in [0.4, 0.5) is 5.69 Å². The Bertz CT molecular complexity index is 788. The van der Waals surface area contributed by atoms with Crippen molar-refractivity contribution >= 4 is 35.6 Å². The van der Waals surface area contributed by atoms with Crippen molar-refractivity contribution in [1.82, 2.24) is 0 Å². The SMILES string of the molecule is C#CCOc1cc(CN=C(N)Nc2cccc(OC)c2)ccc1OC.I. The number of guanidine groups is 1. The Morgan fingerprint density at radius 2 is 1.96 bits per heavy atom. The van der Waals surface area contributed by atoms with Crippen LogP contribution in [-0.2, 0) is 6.54 Å². The molecule has 0 saturated heterocycles. The van der Waals surface area contributed by atoms with E-state index in [1.807, 2.05) is 42.5 Å². The van der Waals surface area contributed by atoms with E-state index in [0.717, 1.165) is 17.0 Å². The van der Waals surface area contributed by atoms with Crippen molar-refractivity contribution < 1.29 is 14.2 Å². The van der Waals surface area contributed by atoms with Gasteiger partial charge in [0.25, 0.3) is 0 Å². The molecule has 0 aliphatic rings. The molecular weight excluding hydrogens is 445 g/mol. The number of terminal acetylenes is 1. The molecule has 0 spiro atoms. The highest BCUT2D eigenvalue weighted by Crippen LogP contribution is 2.28. The zero-order valence-electron chi connectivity index (χ0n) is 14.7. The summed E-state index contributed by atoms with van der Waals surface area (Å²) in [5, 5.41) is 3.02. The highest BCUT2D eigenvalue weighted by molar-refractivity contribution is 14.0. The Kier molecular flexibility index (Phi) is 9.15. The molecule has 0 fully saturated rings.